The van der Waals surface area contributed by atoms with Crippen LogP contribution in [-0.2, 0) is 6.42 Å². The van der Waals surface area contributed by atoms with Gasteiger partial charge in [-0.1, -0.05) is 31.9 Å². The number of benzene rings is 1. The van der Waals surface area contributed by atoms with Crippen molar-refractivity contribution in [2.24, 2.45) is 5.92 Å². The zero-order chi connectivity index (χ0) is 14.4. The summed E-state index contributed by atoms with van der Waals surface area (Å²) in [6.45, 7) is 2.35. The smallest absolute Gasteiger partial charge is 0.251 e. The highest BCUT2D eigenvalue weighted by molar-refractivity contribution is 5.94. The minimum absolute atomic E-state index is 0.0163. The van der Waals surface area contributed by atoms with E-state index in [2.05, 4.69) is 12.2 Å². The summed E-state index contributed by atoms with van der Waals surface area (Å²) in [5.41, 5.74) is 2.01. The number of aryl methyl sites for hydroxylation is 1. The monoisotopic (exact) mass is 275 g/mol. The molecule has 0 heterocycles. The van der Waals surface area contributed by atoms with Crippen LogP contribution in [0.1, 0.15) is 54.9 Å². The van der Waals surface area contributed by atoms with Crippen LogP contribution in [-0.4, -0.2) is 23.7 Å². The fourth-order valence-electron chi connectivity index (χ4n) is 2.90. The molecule has 110 valence electrons. The minimum atomic E-state index is -0.0163. The van der Waals surface area contributed by atoms with Gasteiger partial charge < -0.3 is 10.4 Å². The maximum absolute atomic E-state index is 12.2. The van der Waals surface area contributed by atoms with E-state index in [1.807, 2.05) is 24.3 Å². The molecule has 2 unspecified atom stereocenters. The van der Waals surface area contributed by atoms with Crippen LogP contribution in [0.2, 0.25) is 0 Å². The van der Waals surface area contributed by atoms with Crippen LogP contribution in [0.4, 0.5) is 0 Å². The first kappa shape index (κ1) is 15.0. The summed E-state index contributed by atoms with van der Waals surface area (Å²) in [7, 11) is 0. The van der Waals surface area contributed by atoms with E-state index in [0.717, 1.165) is 25.7 Å². The van der Waals surface area contributed by atoms with E-state index in [-0.39, 0.29) is 24.5 Å². The Morgan fingerprint density at radius 2 is 2.05 bits per heavy atom. The average molecular weight is 275 g/mol. The maximum atomic E-state index is 12.2. The number of hydrogen-bond donors (Lipinski definition) is 2. The highest BCUT2D eigenvalue weighted by Gasteiger charge is 2.27. The van der Waals surface area contributed by atoms with Crippen LogP contribution in [0.15, 0.2) is 24.3 Å². The van der Waals surface area contributed by atoms with Crippen molar-refractivity contribution in [1.29, 1.82) is 0 Å². The van der Waals surface area contributed by atoms with Crippen molar-refractivity contribution in [3.63, 3.8) is 0 Å². The molecule has 1 saturated carbocycles. The number of rotatable bonds is 6. The van der Waals surface area contributed by atoms with E-state index >= 15 is 0 Å². The third-order valence-electron chi connectivity index (χ3n) is 4.25. The van der Waals surface area contributed by atoms with Gasteiger partial charge in [0.05, 0.1) is 0 Å². The first-order valence-corrected chi connectivity index (χ1v) is 7.75. The largest absolute Gasteiger partial charge is 0.396 e. The lowest BCUT2D eigenvalue weighted by molar-refractivity contribution is 0.0916. The molecule has 0 saturated heterocycles. The first-order valence-electron chi connectivity index (χ1n) is 7.75. The third-order valence-corrected chi connectivity index (χ3v) is 4.25. The molecule has 1 fully saturated rings. The molecule has 3 heteroatoms. The predicted octanol–water partition coefficient (Wildman–Crippen LogP) is 2.92. The van der Waals surface area contributed by atoms with Gasteiger partial charge in [0.1, 0.15) is 0 Å². The van der Waals surface area contributed by atoms with Gasteiger partial charge in [0, 0.05) is 24.1 Å². The van der Waals surface area contributed by atoms with Gasteiger partial charge in [0.25, 0.3) is 5.91 Å². The van der Waals surface area contributed by atoms with Gasteiger partial charge in [-0.3, -0.25) is 4.79 Å². The summed E-state index contributed by atoms with van der Waals surface area (Å²) < 4.78 is 0. The van der Waals surface area contributed by atoms with Gasteiger partial charge >= 0.3 is 0 Å². The van der Waals surface area contributed by atoms with Crippen molar-refractivity contribution < 1.29 is 9.90 Å². The lowest BCUT2D eigenvalue weighted by Crippen LogP contribution is -2.38. The van der Waals surface area contributed by atoms with E-state index in [9.17, 15) is 9.90 Å². The highest BCUT2D eigenvalue weighted by atomic mass is 16.3. The Kier molecular flexibility index (Phi) is 5.60. The molecule has 1 aromatic carbocycles. The Labute approximate surface area is 121 Å². The number of aliphatic hydroxyl groups is 1. The number of carbonyl (C=O) groups is 1. The Balaban J connectivity index is 1.92. The molecule has 0 aromatic heterocycles. The summed E-state index contributed by atoms with van der Waals surface area (Å²) in [5.74, 6) is 0.208. The maximum Gasteiger partial charge on any atom is 0.251 e. The fourth-order valence-corrected chi connectivity index (χ4v) is 2.90. The van der Waals surface area contributed by atoms with E-state index in [4.69, 9.17) is 0 Å². The number of amides is 1. The average Bonchev–Trinajstić information content (AvgIpc) is 2.92. The van der Waals surface area contributed by atoms with Gasteiger partial charge in [-0.25, -0.2) is 0 Å². The molecular formula is C17H25NO2. The van der Waals surface area contributed by atoms with Crippen molar-refractivity contribution in [2.45, 2.75) is 51.5 Å². The fraction of sp³-hybridized carbons (Fsp3) is 0.588. The van der Waals surface area contributed by atoms with Crippen LogP contribution in [0.25, 0.3) is 0 Å². The van der Waals surface area contributed by atoms with Gasteiger partial charge in [-0.2, -0.15) is 0 Å². The van der Waals surface area contributed by atoms with Crippen molar-refractivity contribution in [3.05, 3.63) is 35.4 Å². The summed E-state index contributed by atoms with van der Waals surface area (Å²) >= 11 is 0. The summed E-state index contributed by atoms with van der Waals surface area (Å²) in [6.07, 6.45) is 6.53. The number of nitrogens with one attached hydrogen (secondary N) is 1. The second kappa shape index (κ2) is 7.44. The number of aliphatic hydroxyl groups excluding tert-OH is 1. The zero-order valence-electron chi connectivity index (χ0n) is 12.3. The quantitative estimate of drug-likeness (QED) is 0.838. The third kappa shape index (κ3) is 3.83. The molecule has 0 spiro atoms. The molecule has 0 bridgehead atoms. The lowest BCUT2D eigenvalue weighted by Gasteiger charge is -2.19. The molecule has 1 aromatic rings. The van der Waals surface area contributed by atoms with Gasteiger partial charge in [-0.05, 0) is 43.4 Å². The predicted molar refractivity (Wildman–Crippen MR) is 80.7 cm³/mol. The van der Waals surface area contributed by atoms with Crippen molar-refractivity contribution >= 4 is 5.91 Å². The lowest BCUT2D eigenvalue weighted by atomic mass is 10.0. The van der Waals surface area contributed by atoms with Crippen molar-refractivity contribution in [2.75, 3.05) is 6.61 Å². The normalized spacial score (nSPS) is 21.9. The Hall–Kier alpha value is -1.35. The molecule has 1 aliphatic carbocycles. The summed E-state index contributed by atoms with van der Waals surface area (Å²) in [5, 5.41) is 12.3. The first-order chi connectivity index (χ1) is 9.74. The SMILES string of the molecule is CCCCc1ccc(C(=O)NC2CCCC2CO)cc1. The number of carbonyl (C=O) groups excluding carboxylic acids is 1. The second-order valence-corrected chi connectivity index (χ2v) is 5.75. The molecule has 2 atom stereocenters. The molecule has 20 heavy (non-hydrogen) atoms. The van der Waals surface area contributed by atoms with Gasteiger partial charge in [-0.15, -0.1) is 0 Å². The molecule has 1 aliphatic rings. The molecule has 1 amide bonds. The van der Waals surface area contributed by atoms with Crippen LogP contribution < -0.4 is 5.32 Å². The highest BCUT2D eigenvalue weighted by Crippen LogP contribution is 2.25. The van der Waals surface area contributed by atoms with Gasteiger partial charge in [0.2, 0.25) is 0 Å². The molecule has 0 radical (unpaired) electrons. The standard InChI is InChI=1S/C17H25NO2/c1-2-3-5-13-8-10-14(11-9-13)17(20)18-16-7-4-6-15(16)12-19/h8-11,15-16,19H,2-7,12H2,1H3,(H,18,20). The van der Waals surface area contributed by atoms with Crippen LogP contribution in [0.5, 0.6) is 0 Å². The van der Waals surface area contributed by atoms with Crippen LogP contribution >= 0.6 is 0 Å². The zero-order valence-corrected chi connectivity index (χ0v) is 12.3. The van der Waals surface area contributed by atoms with E-state index in [1.54, 1.807) is 0 Å². The topological polar surface area (TPSA) is 49.3 Å². The second-order valence-electron chi connectivity index (χ2n) is 5.75. The van der Waals surface area contributed by atoms with Gasteiger partial charge in [0.15, 0.2) is 0 Å². The Morgan fingerprint density at radius 3 is 2.70 bits per heavy atom. The van der Waals surface area contributed by atoms with Crippen molar-refractivity contribution in [1.82, 2.24) is 5.32 Å². The molecule has 2 N–H and O–H groups in total. The van der Waals surface area contributed by atoms with E-state index in [1.165, 1.54) is 18.4 Å². The van der Waals surface area contributed by atoms with E-state index in [0.29, 0.717) is 5.56 Å². The molecule has 0 aliphatic heterocycles. The van der Waals surface area contributed by atoms with Crippen LogP contribution in [0.3, 0.4) is 0 Å². The minimum Gasteiger partial charge on any atom is -0.396 e. The summed E-state index contributed by atoms with van der Waals surface area (Å²) in [6, 6.07) is 8.03. The Bertz CT molecular complexity index is 427. The van der Waals surface area contributed by atoms with E-state index < -0.39 is 0 Å². The summed E-state index contributed by atoms with van der Waals surface area (Å²) in [4.78, 5) is 12.2. The number of hydrogen-bond acceptors (Lipinski definition) is 2. The molecule has 3 nitrogen and oxygen atoms in total. The van der Waals surface area contributed by atoms with Crippen molar-refractivity contribution in [3.8, 4) is 0 Å². The Morgan fingerprint density at radius 1 is 1.30 bits per heavy atom. The van der Waals surface area contributed by atoms with Crippen LogP contribution in [0, 0.1) is 5.92 Å². The molecule has 2 rings (SSSR count). The number of unbranched alkanes of at least 4 members (excludes halogenated alkanes) is 1. The molecular weight excluding hydrogens is 250 g/mol.